The Kier molecular flexibility index (Phi) is 15.4. The highest BCUT2D eigenvalue weighted by atomic mass is 35.5. The molecule has 0 atom stereocenters. The fourth-order valence-corrected chi connectivity index (χ4v) is 6.15. The van der Waals surface area contributed by atoms with Crippen LogP contribution < -0.4 is 0 Å². The lowest BCUT2D eigenvalue weighted by Crippen LogP contribution is -2.37. The number of halogens is 3. The highest BCUT2D eigenvalue weighted by molar-refractivity contribution is 7.99. The van der Waals surface area contributed by atoms with E-state index in [1.807, 2.05) is 29.7 Å². The van der Waals surface area contributed by atoms with Crippen molar-refractivity contribution in [1.82, 2.24) is 14.8 Å². The van der Waals surface area contributed by atoms with E-state index in [-0.39, 0.29) is 37.2 Å². The van der Waals surface area contributed by atoms with Crippen molar-refractivity contribution < 1.29 is 4.74 Å². The third-order valence-corrected chi connectivity index (χ3v) is 8.12. The van der Waals surface area contributed by atoms with Gasteiger partial charge < -0.3 is 4.74 Å². The molecule has 9 heteroatoms. The zero-order valence-corrected chi connectivity index (χ0v) is 23.3. The van der Waals surface area contributed by atoms with E-state index < -0.39 is 0 Å². The summed E-state index contributed by atoms with van der Waals surface area (Å²) in [4.78, 5) is 11.2. The summed E-state index contributed by atoms with van der Waals surface area (Å²) in [6.07, 6.45) is 3.17. The molecule has 1 aromatic heterocycles. The molecule has 186 valence electrons. The largest absolute Gasteiger partial charge is 0.379 e. The summed E-state index contributed by atoms with van der Waals surface area (Å²) in [5.74, 6) is 3.31. The number of nitrogens with zero attached hydrogens (tertiary/aromatic N) is 3. The predicted octanol–water partition coefficient (Wildman–Crippen LogP) is 5.37. The summed E-state index contributed by atoms with van der Waals surface area (Å²) >= 11 is 3.99. The SMILES string of the molecule is Cc1c(SCCN2CCOCC2)ccnc1CSCCN1CCc2ccccc2C1.Cl.Cl.Cl. The van der Waals surface area contributed by atoms with E-state index in [0.717, 1.165) is 63.2 Å². The maximum atomic E-state index is 5.44. The highest BCUT2D eigenvalue weighted by Gasteiger charge is 2.15. The van der Waals surface area contributed by atoms with Crippen molar-refractivity contribution in [2.45, 2.75) is 30.5 Å². The van der Waals surface area contributed by atoms with Crippen LogP contribution in [0.2, 0.25) is 0 Å². The van der Waals surface area contributed by atoms with Gasteiger partial charge in [-0.15, -0.1) is 49.0 Å². The molecule has 33 heavy (non-hydrogen) atoms. The van der Waals surface area contributed by atoms with Crippen LogP contribution in [0.4, 0.5) is 0 Å². The van der Waals surface area contributed by atoms with E-state index in [2.05, 4.69) is 52.0 Å². The van der Waals surface area contributed by atoms with Crippen LogP contribution in [0.25, 0.3) is 0 Å². The number of pyridine rings is 1. The van der Waals surface area contributed by atoms with Gasteiger partial charge in [-0.05, 0) is 36.1 Å². The first-order chi connectivity index (χ1) is 14.8. The molecule has 2 aliphatic rings. The molecule has 4 nitrogen and oxygen atoms in total. The smallest absolute Gasteiger partial charge is 0.0594 e. The number of hydrogen-bond donors (Lipinski definition) is 0. The van der Waals surface area contributed by atoms with Gasteiger partial charge in [-0.25, -0.2) is 0 Å². The molecule has 1 fully saturated rings. The Morgan fingerprint density at radius 2 is 1.64 bits per heavy atom. The first-order valence-corrected chi connectivity index (χ1v) is 13.2. The molecule has 3 heterocycles. The van der Waals surface area contributed by atoms with Gasteiger partial charge >= 0.3 is 0 Å². The number of aromatic nitrogens is 1. The van der Waals surface area contributed by atoms with Crippen molar-refractivity contribution in [3.05, 3.63) is 58.9 Å². The van der Waals surface area contributed by atoms with Gasteiger partial charge in [-0.2, -0.15) is 11.8 Å². The zero-order chi connectivity index (χ0) is 20.6. The van der Waals surface area contributed by atoms with Gasteiger partial charge in [0.25, 0.3) is 0 Å². The maximum absolute atomic E-state index is 5.44. The van der Waals surface area contributed by atoms with Gasteiger partial charge in [0.1, 0.15) is 0 Å². The van der Waals surface area contributed by atoms with Crippen molar-refractivity contribution >= 4 is 60.7 Å². The number of benzene rings is 1. The minimum atomic E-state index is 0. The number of rotatable bonds is 9. The van der Waals surface area contributed by atoms with Crippen molar-refractivity contribution in [2.75, 3.05) is 57.4 Å². The molecule has 1 aromatic carbocycles. The molecule has 0 bridgehead atoms. The van der Waals surface area contributed by atoms with Crippen molar-refractivity contribution in [3.63, 3.8) is 0 Å². The second-order valence-electron chi connectivity index (χ2n) is 8.03. The molecule has 1 saturated heterocycles. The normalized spacial score (nSPS) is 16.2. The lowest BCUT2D eigenvalue weighted by atomic mass is 10.0. The van der Waals surface area contributed by atoms with E-state index in [4.69, 9.17) is 4.74 Å². The summed E-state index contributed by atoms with van der Waals surface area (Å²) < 4.78 is 5.44. The Bertz CT molecular complexity index is 825. The summed E-state index contributed by atoms with van der Waals surface area (Å²) in [6.45, 7) is 10.7. The number of thioether (sulfide) groups is 2. The Morgan fingerprint density at radius 3 is 2.42 bits per heavy atom. The molecule has 0 amide bonds. The van der Waals surface area contributed by atoms with E-state index in [0.29, 0.717) is 0 Å². The van der Waals surface area contributed by atoms with Gasteiger partial charge in [0, 0.05) is 67.6 Å². The van der Waals surface area contributed by atoms with E-state index in [1.165, 1.54) is 40.2 Å². The molecule has 0 N–H and O–H groups in total. The van der Waals surface area contributed by atoms with Crippen LogP contribution in [0.1, 0.15) is 22.4 Å². The van der Waals surface area contributed by atoms with Crippen LogP contribution in [0, 0.1) is 6.92 Å². The summed E-state index contributed by atoms with van der Waals surface area (Å²) in [7, 11) is 0. The van der Waals surface area contributed by atoms with Crippen LogP contribution in [0.15, 0.2) is 41.4 Å². The molecular weight excluding hydrogens is 517 g/mol. The maximum Gasteiger partial charge on any atom is 0.0594 e. The van der Waals surface area contributed by atoms with E-state index >= 15 is 0 Å². The molecule has 2 aromatic rings. The number of morpholine rings is 1. The molecule has 0 aliphatic carbocycles. The van der Waals surface area contributed by atoms with Gasteiger partial charge in [0.15, 0.2) is 0 Å². The Labute approximate surface area is 226 Å². The quantitative estimate of drug-likeness (QED) is 0.307. The third-order valence-electron chi connectivity index (χ3n) is 6.03. The van der Waals surface area contributed by atoms with Crippen LogP contribution in [-0.2, 0) is 23.5 Å². The number of fused-ring (bicyclic) bond motifs is 1. The van der Waals surface area contributed by atoms with Crippen LogP contribution >= 0.6 is 60.7 Å². The van der Waals surface area contributed by atoms with Gasteiger partial charge in [-0.3, -0.25) is 14.8 Å². The topological polar surface area (TPSA) is 28.6 Å². The minimum absolute atomic E-state index is 0. The fraction of sp³-hybridized carbons (Fsp3) is 0.542. The molecule has 2 aliphatic heterocycles. The molecule has 4 rings (SSSR count). The van der Waals surface area contributed by atoms with Crippen molar-refractivity contribution in [1.29, 1.82) is 0 Å². The van der Waals surface area contributed by atoms with E-state index in [9.17, 15) is 0 Å². The second kappa shape index (κ2) is 16.5. The monoisotopic (exact) mass is 551 g/mol. The minimum Gasteiger partial charge on any atom is -0.379 e. The average Bonchev–Trinajstić information content (AvgIpc) is 2.79. The van der Waals surface area contributed by atoms with E-state index in [1.54, 1.807) is 0 Å². The molecular formula is C24H36Cl3N3OS2. The summed E-state index contributed by atoms with van der Waals surface area (Å²) in [5.41, 5.74) is 5.65. The van der Waals surface area contributed by atoms with Gasteiger partial charge in [0.05, 0.1) is 18.9 Å². The van der Waals surface area contributed by atoms with Crippen LogP contribution in [0.3, 0.4) is 0 Å². The van der Waals surface area contributed by atoms with Gasteiger partial charge in [-0.1, -0.05) is 24.3 Å². The fourth-order valence-electron chi connectivity index (χ4n) is 4.08. The second-order valence-corrected chi connectivity index (χ2v) is 10.3. The highest BCUT2D eigenvalue weighted by Crippen LogP contribution is 2.26. The zero-order valence-electron chi connectivity index (χ0n) is 19.2. The van der Waals surface area contributed by atoms with Crippen molar-refractivity contribution in [3.8, 4) is 0 Å². The van der Waals surface area contributed by atoms with Crippen LogP contribution in [0.5, 0.6) is 0 Å². The number of ether oxygens (including phenoxy) is 1. The Hall–Kier alpha value is -0.180. The lowest BCUT2D eigenvalue weighted by Gasteiger charge is -2.28. The van der Waals surface area contributed by atoms with Crippen molar-refractivity contribution in [2.24, 2.45) is 0 Å². The lowest BCUT2D eigenvalue weighted by molar-refractivity contribution is 0.0410. The first kappa shape index (κ1) is 30.9. The summed E-state index contributed by atoms with van der Waals surface area (Å²) in [5, 5.41) is 0. The molecule has 0 saturated carbocycles. The van der Waals surface area contributed by atoms with Gasteiger partial charge in [0.2, 0.25) is 0 Å². The first-order valence-electron chi connectivity index (χ1n) is 11.0. The average molecular weight is 553 g/mol. The Balaban J connectivity index is 0.00000181. The number of hydrogen-bond acceptors (Lipinski definition) is 6. The standard InChI is InChI=1S/C24H33N3OS2.3ClH/c1-20-23(25-8-6-24(20)30-17-13-26-10-14-28-15-11-26)19-29-16-12-27-9-7-21-4-2-3-5-22(21)18-27;;;/h2-6,8H,7,9-19H2,1H3;3*1H. The molecule has 0 unspecified atom stereocenters. The molecule has 0 radical (unpaired) electrons. The van der Waals surface area contributed by atoms with Crippen LogP contribution in [-0.4, -0.2) is 72.2 Å². The third kappa shape index (κ3) is 9.42. The summed E-state index contributed by atoms with van der Waals surface area (Å²) in [6, 6.07) is 11.1. The predicted molar refractivity (Wildman–Crippen MR) is 150 cm³/mol. The Morgan fingerprint density at radius 1 is 0.909 bits per heavy atom. The molecule has 0 spiro atoms.